The van der Waals surface area contributed by atoms with E-state index in [4.69, 9.17) is 0 Å². The molecular formula is C10H8BrIS. The van der Waals surface area contributed by atoms with Crippen molar-refractivity contribution < 1.29 is 0 Å². The van der Waals surface area contributed by atoms with Crippen molar-refractivity contribution in [3.05, 3.63) is 32.2 Å². The van der Waals surface area contributed by atoms with Crippen LogP contribution in [0, 0.1) is 10.5 Å². The number of aryl methyl sites for hydroxylation is 1. The van der Waals surface area contributed by atoms with Gasteiger partial charge in [0.2, 0.25) is 0 Å². The summed E-state index contributed by atoms with van der Waals surface area (Å²) in [6, 6.07) is 6.69. The molecule has 0 fully saturated rings. The standard InChI is InChI=1S/C10H8BrIS/c1-6-4-8-9(13-6)3-2-7(5-11)10(8)12/h2-4H,5H2,1H3. The maximum absolute atomic E-state index is 3.50. The Bertz CT molecular complexity index is 447. The van der Waals surface area contributed by atoms with Gasteiger partial charge in [0.25, 0.3) is 0 Å². The Hall–Kier alpha value is 0.390. The molecule has 2 rings (SSSR count). The molecule has 0 aliphatic heterocycles. The first-order valence-electron chi connectivity index (χ1n) is 3.96. The SMILES string of the molecule is Cc1cc2c(I)c(CBr)ccc2s1. The second kappa shape index (κ2) is 3.87. The van der Waals surface area contributed by atoms with Crippen molar-refractivity contribution in [1.82, 2.24) is 0 Å². The highest BCUT2D eigenvalue weighted by Gasteiger charge is 2.05. The quantitative estimate of drug-likeness (QED) is 0.506. The third-order valence-corrected chi connectivity index (χ3v) is 4.88. The number of halogens is 2. The van der Waals surface area contributed by atoms with Gasteiger partial charge in [-0.05, 0) is 47.2 Å². The lowest BCUT2D eigenvalue weighted by molar-refractivity contribution is 1.43. The minimum absolute atomic E-state index is 0.941. The lowest BCUT2D eigenvalue weighted by atomic mass is 10.2. The molecule has 3 heteroatoms. The topological polar surface area (TPSA) is 0 Å². The van der Waals surface area contributed by atoms with E-state index in [1.165, 1.54) is 24.1 Å². The van der Waals surface area contributed by atoms with Gasteiger partial charge < -0.3 is 0 Å². The second-order valence-electron chi connectivity index (χ2n) is 2.94. The number of rotatable bonds is 1. The molecule has 0 spiro atoms. The molecule has 1 heterocycles. The van der Waals surface area contributed by atoms with E-state index in [2.05, 4.69) is 63.6 Å². The minimum atomic E-state index is 0.941. The maximum atomic E-state index is 3.50. The average Bonchev–Trinajstić information content (AvgIpc) is 2.47. The third kappa shape index (κ3) is 1.78. The molecule has 0 saturated heterocycles. The Labute approximate surface area is 104 Å². The highest BCUT2D eigenvalue weighted by molar-refractivity contribution is 14.1. The van der Waals surface area contributed by atoms with E-state index in [1.807, 2.05) is 11.3 Å². The van der Waals surface area contributed by atoms with Crippen LogP contribution in [0.25, 0.3) is 10.1 Å². The van der Waals surface area contributed by atoms with E-state index in [-0.39, 0.29) is 0 Å². The van der Waals surface area contributed by atoms with E-state index < -0.39 is 0 Å². The van der Waals surface area contributed by atoms with Gasteiger partial charge in [0.05, 0.1) is 0 Å². The van der Waals surface area contributed by atoms with Crippen LogP contribution in [0.1, 0.15) is 10.4 Å². The van der Waals surface area contributed by atoms with E-state index in [1.54, 1.807) is 0 Å². The van der Waals surface area contributed by atoms with Gasteiger partial charge in [-0.25, -0.2) is 0 Å². The fourth-order valence-corrected chi connectivity index (χ4v) is 4.28. The van der Waals surface area contributed by atoms with Crippen LogP contribution < -0.4 is 0 Å². The highest BCUT2D eigenvalue weighted by atomic mass is 127. The number of thiophene rings is 1. The third-order valence-electron chi connectivity index (χ3n) is 1.98. The molecule has 1 aromatic heterocycles. The van der Waals surface area contributed by atoms with E-state index >= 15 is 0 Å². The van der Waals surface area contributed by atoms with Gasteiger partial charge in [-0.2, -0.15) is 0 Å². The average molecular weight is 367 g/mol. The summed E-state index contributed by atoms with van der Waals surface area (Å²) in [7, 11) is 0. The van der Waals surface area contributed by atoms with E-state index in [0.717, 1.165) is 5.33 Å². The molecule has 1 aromatic carbocycles. The first-order valence-corrected chi connectivity index (χ1v) is 6.97. The molecule has 2 aromatic rings. The summed E-state index contributed by atoms with van der Waals surface area (Å²) in [4.78, 5) is 1.39. The summed E-state index contributed by atoms with van der Waals surface area (Å²) >= 11 is 7.79. The van der Waals surface area contributed by atoms with E-state index in [0.29, 0.717) is 0 Å². The fraction of sp³-hybridized carbons (Fsp3) is 0.200. The van der Waals surface area contributed by atoms with Crippen molar-refractivity contribution in [2.24, 2.45) is 0 Å². The number of hydrogen-bond donors (Lipinski definition) is 0. The highest BCUT2D eigenvalue weighted by Crippen LogP contribution is 2.31. The molecule has 0 nitrogen and oxygen atoms in total. The number of benzene rings is 1. The molecule has 0 aliphatic carbocycles. The lowest BCUT2D eigenvalue weighted by Gasteiger charge is -2.00. The molecule has 0 saturated carbocycles. The Morgan fingerprint density at radius 1 is 1.46 bits per heavy atom. The summed E-state index contributed by atoms with van der Waals surface area (Å²) in [5.41, 5.74) is 1.38. The molecule has 0 atom stereocenters. The molecule has 0 aliphatic rings. The number of fused-ring (bicyclic) bond motifs is 1. The predicted molar refractivity (Wildman–Crippen MR) is 71.9 cm³/mol. The summed E-state index contributed by atoms with van der Waals surface area (Å²) < 4.78 is 2.78. The zero-order valence-electron chi connectivity index (χ0n) is 7.10. The molecule has 68 valence electrons. The van der Waals surface area contributed by atoms with Gasteiger partial charge >= 0.3 is 0 Å². The van der Waals surface area contributed by atoms with Crippen molar-refractivity contribution in [1.29, 1.82) is 0 Å². The smallest absolute Gasteiger partial charge is 0.0356 e. The largest absolute Gasteiger partial charge is 0.141 e. The Morgan fingerprint density at radius 3 is 2.92 bits per heavy atom. The Kier molecular flexibility index (Phi) is 2.95. The van der Waals surface area contributed by atoms with Crippen LogP contribution in [-0.2, 0) is 5.33 Å². The van der Waals surface area contributed by atoms with Crippen molar-refractivity contribution in [2.75, 3.05) is 0 Å². The van der Waals surface area contributed by atoms with E-state index in [9.17, 15) is 0 Å². The molecule has 13 heavy (non-hydrogen) atoms. The molecule has 0 unspecified atom stereocenters. The van der Waals surface area contributed by atoms with Crippen molar-refractivity contribution >= 4 is 59.9 Å². The van der Waals surface area contributed by atoms with Gasteiger partial charge in [-0.1, -0.05) is 22.0 Å². The first-order chi connectivity index (χ1) is 6.22. The lowest BCUT2D eigenvalue weighted by Crippen LogP contribution is -1.82. The molecule has 0 N–H and O–H groups in total. The maximum Gasteiger partial charge on any atom is 0.0356 e. The normalized spacial score (nSPS) is 11.0. The minimum Gasteiger partial charge on any atom is -0.141 e. The summed E-state index contributed by atoms with van der Waals surface area (Å²) in [5, 5.41) is 2.34. The van der Waals surface area contributed by atoms with Crippen LogP contribution in [0.5, 0.6) is 0 Å². The van der Waals surface area contributed by atoms with Crippen LogP contribution in [0.15, 0.2) is 18.2 Å². The zero-order chi connectivity index (χ0) is 9.42. The van der Waals surface area contributed by atoms with Crippen LogP contribution in [-0.4, -0.2) is 0 Å². The monoisotopic (exact) mass is 366 g/mol. The molecule has 0 radical (unpaired) electrons. The van der Waals surface area contributed by atoms with Gasteiger partial charge in [-0.15, -0.1) is 11.3 Å². The summed E-state index contributed by atoms with van der Waals surface area (Å²) in [6.45, 7) is 2.16. The first kappa shape index (κ1) is 9.93. The molecule has 0 bridgehead atoms. The fourth-order valence-electron chi connectivity index (χ4n) is 1.35. The van der Waals surface area contributed by atoms with Gasteiger partial charge in [0.1, 0.15) is 0 Å². The van der Waals surface area contributed by atoms with Crippen LogP contribution in [0.4, 0.5) is 0 Å². The Morgan fingerprint density at radius 2 is 2.23 bits per heavy atom. The molecule has 0 amide bonds. The van der Waals surface area contributed by atoms with Gasteiger partial charge in [-0.3, -0.25) is 0 Å². The van der Waals surface area contributed by atoms with Crippen LogP contribution in [0.2, 0.25) is 0 Å². The van der Waals surface area contributed by atoms with Crippen LogP contribution >= 0.6 is 49.9 Å². The van der Waals surface area contributed by atoms with Crippen molar-refractivity contribution in [3.8, 4) is 0 Å². The van der Waals surface area contributed by atoms with Crippen molar-refractivity contribution in [2.45, 2.75) is 12.3 Å². The van der Waals surface area contributed by atoms with Gasteiger partial charge in [0, 0.05) is 23.9 Å². The Balaban J connectivity index is 2.78. The zero-order valence-corrected chi connectivity index (χ0v) is 11.7. The summed E-state index contributed by atoms with van der Waals surface area (Å²) in [6.07, 6.45) is 0. The van der Waals surface area contributed by atoms with Crippen molar-refractivity contribution in [3.63, 3.8) is 0 Å². The van der Waals surface area contributed by atoms with Crippen LogP contribution in [0.3, 0.4) is 0 Å². The van der Waals surface area contributed by atoms with Gasteiger partial charge in [0.15, 0.2) is 0 Å². The number of alkyl halides is 1. The second-order valence-corrected chi connectivity index (χ2v) is 5.87. The predicted octanol–water partition coefficient (Wildman–Crippen LogP) is 4.71. The molecular weight excluding hydrogens is 359 g/mol. The number of hydrogen-bond acceptors (Lipinski definition) is 1. The summed E-state index contributed by atoms with van der Waals surface area (Å²) in [5.74, 6) is 0.